The normalized spacial score (nSPS) is 21.4. The minimum atomic E-state index is 0.0383. The number of anilines is 1. The maximum atomic E-state index is 12.5. The number of halogens is 1. The highest BCUT2D eigenvalue weighted by Crippen LogP contribution is 2.33. The van der Waals surface area contributed by atoms with Gasteiger partial charge < -0.3 is 19.7 Å². The van der Waals surface area contributed by atoms with E-state index in [0.717, 1.165) is 41.0 Å². The van der Waals surface area contributed by atoms with E-state index in [1.165, 1.54) is 10.5 Å². The Morgan fingerprint density at radius 2 is 1.96 bits per heavy atom. The maximum Gasteiger partial charge on any atom is 0.279 e. The second-order valence-electron chi connectivity index (χ2n) is 6.71. The van der Waals surface area contributed by atoms with Crippen molar-refractivity contribution in [2.24, 2.45) is 0 Å². The van der Waals surface area contributed by atoms with Gasteiger partial charge in [0.15, 0.2) is 18.0 Å². The van der Waals surface area contributed by atoms with Crippen molar-refractivity contribution in [2.75, 3.05) is 31.6 Å². The third kappa shape index (κ3) is 3.71. The molecule has 2 N–H and O–H groups in total. The van der Waals surface area contributed by atoms with Crippen LogP contribution < -0.4 is 19.7 Å². The van der Waals surface area contributed by atoms with E-state index in [1.54, 1.807) is 0 Å². The predicted octanol–water partition coefficient (Wildman–Crippen LogP) is 2.58. The van der Waals surface area contributed by atoms with Crippen LogP contribution in [0.3, 0.4) is 0 Å². The Morgan fingerprint density at radius 3 is 2.81 bits per heavy atom. The van der Waals surface area contributed by atoms with Crippen LogP contribution in [0, 0.1) is 0 Å². The third-order valence-corrected chi connectivity index (χ3v) is 5.68. The molecule has 5 nitrogen and oxygen atoms in total. The number of quaternary nitrogens is 1. The van der Waals surface area contributed by atoms with Gasteiger partial charge in [-0.1, -0.05) is 12.1 Å². The molecule has 1 unspecified atom stereocenters. The van der Waals surface area contributed by atoms with Crippen molar-refractivity contribution in [3.05, 3.63) is 52.5 Å². The molecule has 0 aromatic heterocycles. The van der Waals surface area contributed by atoms with Crippen LogP contribution in [0.4, 0.5) is 5.69 Å². The quantitative estimate of drug-likeness (QED) is 0.803. The highest BCUT2D eigenvalue weighted by Gasteiger charge is 2.32. The zero-order chi connectivity index (χ0) is 17.9. The van der Waals surface area contributed by atoms with Crippen LogP contribution in [0.1, 0.15) is 24.4 Å². The van der Waals surface area contributed by atoms with Crippen molar-refractivity contribution < 1.29 is 19.2 Å². The number of rotatable bonds is 4. The minimum Gasteiger partial charge on any atom is -0.486 e. The first kappa shape index (κ1) is 17.4. The molecule has 2 atom stereocenters. The Bertz CT molecular complexity index is 811. The third-order valence-electron chi connectivity index (χ3n) is 4.99. The molecular weight excluding hydrogens is 396 g/mol. The first-order chi connectivity index (χ1) is 12.7. The van der Waals surface area contributed by atoms with Crippen LogP contribution in [0.2, 0.25) is 0 Å². The van der Waals surface area contributed by atoms with Gasteiger partial charge in [0.05, 0.1) is 12.2 Å². The second kappa shape index (κ2) is 7.68. The van der Waals surface area contributed by atoms with Gasteiger partial charge in [-0.3, -0.25) is 4.79 Å². The van der Waals surface area contributed by atoms with Gasteiger partial charge in [-0.15, -0.1) is 0 Å². The summed E-state index contributed by atoms with van der Waals surface area (Å²) in [4.78, 5) is 13.8. The molecule has 0 spiro atoms. The average molecular weight is 418 g/mol. The van der Waals surface area contributed by atoms with Gasteiger partial charge in [0.25, 0.3) is 5.91 Å². The van der Waals surface area contributed by atoms with Crippen molar-refractivity contribution in [1.82, 2.24) is 0 Å². The lowest BCUT2D eigenvalue weighted by molar-refractivity contribution is -0.910. The molecule has 0 radical (unpaired) electrons. The summed E-state index contributed by atoms with van der Waals surface area (Å²) in [5, 5.41) is 3.01. The van der Waals surface area contributed by atoms with Crippen molar-refractivity contribution in [1.29, 1.82) is 0 Å². The van der Waals surface area contributed by atoms with Gasteiger partial charge in [0.1, 0.15) is 19.3 Å². The van der Waals surface area contributed by atoms with E-state index in [4.69, 9.17) is 9.47 Å². The Hall–Kier alpha value is -2.05. The van der Waals surface area contributed by atoms with Gasteiger partial charge in [-0.2, -0.15) is 0 Å². The molecule has 4 rings (SSSR count). The Morgan fingerprint density at radius 1 is 1.15 bits per heavy atom. The summed E-state index contributed by atoms with van der Waals surface area (Å²) >= 11 is 3.47. The number of carbonyl (C=O) groups excluding carboxylic acids is 1. The molecule has 1 fully saturated rings. The number of hydrogen-bond acceptors (Lipinski definition) is 3. The number of amides is 1. The molecule has 2 aliphatic rings. The van der Waals surface area contributed by atoms with E-state index in [0.29, 0.717) is 25.8 Å². The van der Waals surface area contributed by atoms with Crippen molar-refractivity contribution in [2.45, 2.75) is 18.9 Å². The highest BCUT2D eigenvalue weighted by molar-refractivity contribution is 9.10. The molecule has 6 heteroatoms. The molecule has 2 heterocycles. The van der Waals surface area contributed by atoms with Gasteiger partial charge in [-0.05, 0) is 46.3 Å². The number of carbonyl (C=O) groups is 1. The maximum absolute atomic E-state index is 12.5. The molecule has 26 heavy (non-hydrogen) atoms. The van der Waals surface area contributed by atoms with Crippen molar-refractivity contribution >= 4 is 27.5 Å². The van der Waals surface area contributed by atoms with E-state index >= 15 is 0 Å². The minimum absolute atomic E-state index is 0.0383. The summed E-state index contributed by atoms with van der Waals surface area (Å²) < 4.78 is 12.2. The molecule has 0 aliphatic carbocycles. The van der Waals surface area contributed by atoms with Crippen molar-refractivity contribution in [3.63, 3.8) is 0 Å². The molecule has 1 saturated heterocycles. The zero-order valence-electron chi connectivity index (χ0n) is 14.5. The zero-order valence-corrected chi connectivity index (χ0v) is 16.1. The van der Waals surface area contributed by atoms with Crippen LogP contribution >= 0.6 is 15.9 Å². The predicted molar refractivity (Wildman–Crippen MR) is 103 cm³/mol. The molecule has 0 saturated carbocycles. The Labute approximate surface area is 161 Å². The topological polar surface area (TPSA) is 52.0 Å². The number of likely N-dealkylation sites (tertiary alicyclic amines) is 1. The smallest absolute Gasteiger partial charge is 0.279 e. The van der Waals surface area contributed by atoms with E-state index in [-0.39, 0.29) is 5.91 Å². The molecule has 1 amide bonds. The van der Waals surface area contributed by atoms with Crippen LogP contribution in [-0.4, -0.2) is 32.2 Å². The largest absolute Gasteiger partial charge is 0.486 e. The molecule has 136 valence electrons. The molecule has 2 aromatic carbocycles. The van der Waals surface area contributed by atoms with E-state index in [1.807, 2.05) is 30.3 Å². The SMILES string of the molecule is O=C(C[NH+]1CCC[C@@H]1c1ccc2c(c1)OCCO2)Nc1ccccc1Br. The van der Waals surface area contributed by atoms with Gasteiger partial charge in [0, 0.05) is 22.9 Å². The van der Waals surface area contributed by atoms with Crippen LogP contribution in [0.15, 0.2) is 46.9 Å². The summed E-state index contributed by atoms with van der Waals surface area (Å²) in [6, 6.07) is 14.2. The number of fused-ring (bicyclic) bond motifs is 1. The van der Waals surface area contributed by atoms with Gasteiger partial charge >= 0.3 is 0 Å². The van der Waals surface area contributed by atoms with Gasteiger partial charge in [-0.25, -0.2) is 0 Å². The summed E-state index contributed by atoms with van der Waals surface area (Å²) in [5.41, 5.74) is 2.03. The number of ether oxygens (including phenoxy) is 2. The fourth-order valence-corrected chi connectivity index (χ4v) is 4.15. The lowest BCUT2D eigenvalue weighted by Crippen LogP contribution is -3.11. The van der Waals surface area contributed by atoms with E-state index in [2.05, 4.69) is 33.4 Å². The Balaban J connectivity index is 1.45. The molecule has 0 bridgehead atoms. The highest BCUT2D eigenvalue weighted by atomic mass is 79.9. The number of benzene rings is 2. The Kier molecular flexibility index (Phi) is 5.13. The number of nitrogens with one attached hydrogen (secondary N) is 2. The standard InChI is InChI=1S/C20H21BrN2O3/c21-15-4-1-2-5-16(15)22-20(24)13-23-9-3-6-17(23)14-7-8-18-19(12-14)26-11-10-25-18/h1-2,4-5,7-8,12,17H,3,6,9-11,13H2,(H,22,24)/p+1/t17-/m1/s1. The monoisotopic (exact) mass is 417 g/mol. The fraction of sp³-hybridized carbons (Fsp3) is 0.350. The lowest BCUT2D eigenvalue weighted by atomic mass is 10.0. The molecule has 2 aromatic rings. The fourth-order valence-electron chi connectivity index (χ4n) is 3.77. The van der Waals surface area contributed by atoms with Crippen molar-refractivity contribution in [3.8, 4) is 11.5 Å². The van der Waals surface area contributed by atoms with E-state index in [9.17, 15) is 4.79 Å². The summed E-state index contributed by atoms with van der Waals surface area (Å²) in [7, 11) is 0. The molecular formula is C20H22BrN2O3+. The molecule has 2 aliphatic heterocycles. The van der Waals surface area contributed by atoms with Crippen LogP contribution in [0.5, 0.6) is 11.5 Å². The summed E-state index contributed by atoms with van der Waals surface area (Å²) in [6.07, 6.45) is 2.20. The van der Waals surface area contributed by atoms with Crippen LogP contribution in [-0.2, 0) is 4.79 Å². The van der Waals surface area contributed by atoms with Gasteiger partial charge in [0.2, 0.25) is 0 Å². The summed E-state index contributed by atoms with van der Waals surface area (Å²) in [5.74, 6) is 1.67. The lowest BCUT2D eigenvalue weighted by Gasteiger charge is -2.24. The number of hydrogen-bond donors (Lipinski definition) is 2. The second-order valence-corrected chi connectivity index (χ2v) is 7.57. The first-order valence-electron chi connectivity index (χ1n) is 8.99. The van der Waals surface area contributed by atoms with E-state index < -0.39 is 0 Å². The first-order valence-corrected chi connectivity index (χ1v) is 9.78. The van der Waals surface area contributed by atoms with Crippen LogP contribution in [0.25, 0.3) is 0 Å². The summed E-state index contributed by atoms with van der Waals surface area (Å²) in [6.45, 7) is 2.65. The number of para-hydroxylation sites is 1. The average Bonchev–Trinajstić information content (AvgIpc) is 3.11.